The minimum absolute atomic E-state index is 0.0103. The summed E-state index contributed by atoms with van der Waals surface area (Å²) in [6, 6.07) is 17.5. The molecule has 0 unspecified atom stereocenters. The Morgan fingerprint density at radius 1 is 0.821 bits per heavy atom. The fourth-order valence-corrected chi connectivity index (χ4v) is 4.05. The Morgan fingerprint density at radius 2 is 1.43 bits per heavy atom. The summed E-state index contributed by atoms with van der Waals surface area (Å²) in [4.78, 5) is 12.1. The van der Waals surface area contributed by atoms with Gasteiger partial charge in [0.05, 0.1) is 5.92 Å². The molecule has 0 saturated carbocycles. The standard InChI is InChI=1S/C26H34O2/c1-3-5-7-9-20-11-13-21(14-12-20)22-15-17-23(18-16-22)25-19-24(26(27)28-25)10-8-6-4-2/h11-18,24-25H,3-10,19H2,1-2H3/t24-,25+/m1/s1. The molecule has 1 fully saturated rings. The Kier molecular flexibility index (Phi) is 7.71. The molecule has 3 rings (SSSR count). The summed E-state index contributed by atoms with van der Waals surface area (Å²) >= 11 is 0. The first-order valence-electron chi connectivity index (χ1n) is 11.1. The number of hydrogen-bond acceptors (Lipinski definition) is 2. The second-order valence-corrected chi connectivity index (χ2v) is 8.13. The molecule has 2 aromatic carbocycles. The van der Waals surface area contributed by atoms with Crippen LogP contribution in [-0.4, -0.2) is 5.97 Å². The Bertz CT molecular complexity index is 730. The Morgan fingerprint density at radius 3 is 2.07 bits per heavy atom. The van der Waals surface area contributed by atoms with E-state index in [2.05, 4.69) is 62.4 Å². The summed E-state index contributed by atoms with van der Waals surface area (Å²) < 4.78 is 5.66. The maximum atomic E-state index is 12.1. The van der Waals surface area contributed by atoms with E-state index in [9.17, 15) is 4.79 Å². The molecule has 2 atom stereocenters. The van der Waals surface area contributed by atoms with Crippen LogP contribution in [0.3, 0.4) is 0 Å². The molecule has 2 nitrogen and oxygen atoms in total. The summed E-state index contributed by atoms with van der Waals surface area (Å²) in [7, 11) is 0. The number of carbonyl (C=O) groups is 1. The van der Waals surface area contributed by atoms with Crippen molar-refractivity contribution in [2.75, 3.05) is 0 Å². The highest BCUT2D eigenvalue weighted by molar-refractivity contribution is 5.75. The molecular formula is C26H34O2. The van der Waals surface area contributed by atoms with E-state index >= 15 is 0 Å². The molecule has 1 aliphatic rings. The summed E-state index contributed by atoms with van der Waals surface area (Å²) in [5.41, 5.74) is 4.99. The van der Waals surface area contributed by atoms with E-state index in [1.165, 1.54) is 55.2 Å². The average molecular weight is 379 g/mol. The molecule has 0 N–H and O–H groups in total. The Hall–Kier alpha value is -2.09. The van der Waals surface area contributed by atoms with Crippen LogP contribution >= 0.6 is 0 Å². The molecule has 0 aromatic heterocycles. The topological polar surface area (TPSA) is 26.3 Å². The number of ether oxygens (including phenoxy) is 1. The number of benzene rings is 2. The van der Waals surface area contributed by atoms with Gasteiger partial charge < -0.3 is 4.74 Å². The molecule has 0 aliphatic carbocycles. The van der Waals surface area contributed by atoms with E-state index in [1.54, 1.807) is 0 Å². The highest BCUT2D eigenvalue weighted by atomic mass is 16.5. The summed E-state index contributed by atoms with van der Waals surface area (Å²) in [5, 5.41) is 0. The number of aryl methyl sites for hydroxylation is 1. The van der Waals surface area contributed by atoms with Gasteiger partial charge in [0.1, 0.15) is 6.10 Å². The van der Waals surface area contributed by atoms with Gasteiger partial charge in [0.25, 0.3) is 0 Å². The average Bonchev–Trinajstić information content (AvgIpc) is 3.10. The van der Waals surface area contributed by atoms with Gasteiger partial charge in [0.15, 0.2) is 0 Å². The van der Waals surface area contributed by atoms with Crippen molar-refractivity contribution in [3.63, 3.8) is 0 Å². The molecule has 0 radical (unpaired) electrons. The lowest BCUT2D eigenvalue weighted by Gasteiger charge is -2.11. The van der Waals surface area contributed by atoms with Crippen molar-refractivity contribution in [2.45, 2.75) is 77.7 Å². The van der Waals surface area contributed by atoms with Gasteiger partial charge in [-0.1, -0.05) is 94.5 Å². The van der Waals surface area contributed by atoms with Crippen LogP contribution < -0.4 is 0 Å². The van der Waals surface area contributed by atoms with Crippen LogP contribution in [0.1, 0.15) is 82.4 Å². The van der Waals surface area contributed by atoms with Crippen molar-refractivity contribution in [3.05, 3.63) is 59.7 Å². The number of carbonyl (C=O) groups excluding carboxylic acids is 1. The largest absolute Gasteiger partial charge is 0.457 e. The second-order valence-electron chi connectivity index (χ2n) is 8.13. The normalized spacial score (nSPS) is 19.0. The van der Waals surface area contributed by atoms with E-state index < -0.39 is 0 Å². The van der Waals surface area contributed by atoms with Gasteiger partial charge in [-0.05, 0) is 41.5 Å². The highest BCUT2D eigenvalue weighted by Gasteiger charge is 2.34. The maximum Gasteiger partial charge on any atom is 0.309 e. The van der Waals surface area contributed by atoms with Crippen LogP contribution in [0.15, 0.2) is 48.5 Å². The number of hydrogen-bond donors (Lipinski definition) is 0. The highest BCUT2D eigenvalue weighted by Crippen LogP contribution is 2.36. The van der Waals surface area contributed by atoms with Crippen molar-refractivity contribution in [1.29, 1.82) is 0 Å². The first kappa shape index (κ1) is 20.6. The maximum absolute atomic E-state index is 12.1. The summed E-state index contributed by atoms with van der Waals surface area (Å²) in [6.45, 7) is 4.43. The second kappa shape index (κ2) is 10.5. The van der Waals surface area contributed by atoms with Crippen LogP contribution in [0.5, 0.6) is 0 Å². The number of unbranched alkanes of at least 4 members (excludes halogenated alkanes) is 4. The van der Waals surface area contributed by atoms with E-state index in [0.717, 1.165) is 24.8 Å². The van der Waals surface area contributed by atoms with Crippen LogP contribution in [0.2, 0.25) is 0 Å². The van der Waals surface area contributed by atoms with Crippen LogP contribution in [0.25, 0.3) is 11.1 Å². The molecule has 1 saturated heterocycles. The molecule has 2 heteroatoms. The predicted molar refractivity (Wildman–Crippen MR) is 116 cm³/mol. The van der Waals surface area contributed by atoms with Crippen molar-refractivity contribution in [2.24, 2.45) is 5.92 Å². The Balaban J connectivity index is 1.58. The minimum atomic E-state index is -0.0749. The van der Waals surface area contributed by atoms with Crippen molar-refractivity contribution in [3.8, 4) is 11.1 Å². The van der Waals surface area contributed by atoms with E-state index in [1.807, 2.05) is 0 Å². The predicted octanol–water partition coefficient (Wildman–Crippen LogP) is 7.27. The van der Waals surface area contributed by atoms with Crippen LogP contribution in [0, 0.1) is 5.92 Å². The first-order chi connectivity index (χ1) is 13.7. The zero-order valence-electron chi connectivity index (χ0n) is 17.5. The van der Waals surface area contributed by atoms with Gasteiger partial charge in [-0.15, -0.1) is 0 Å². The van der Waals surface area contributed by atoms with Gasteiger partial charge >= 0.3 is 5.97 Å². The zero-order valence-corrected chi connectivity index (χ0v) is 17.5. The monoisotopic (exact) mass is 378 g/mol. The third kappa shape index (κ3) is 5.47. The lowest BCUT2D eigenvalue weighted by Crippen LogP contribution is -2.06. The van der Waals surface area contributed by atoms with E-state index in [-0.39, 0.29) is 18.0 Å². The molecule has 0 amide bonds. The molecule has 1 heterocycles. The fraction of sp³-hybridized carbons (Fsp3) is 0.500. The summed E-state index contributed by atoms with van der Waals surface area (Å²) in [5.74, 6) is 0.0697. The van der Waals surface area contributed by atoms with E-state index in [0.29, 0.717) is 0 Å². The number of rotatable bonds is 10. The molecule has 0 spiro atoms. The first-order valence-corrected chi connectivity index (χ1v) is 11.1. The van der Waals surface area contributed by atoms with Gasteiger partial charge in [-0.2, -0.15) is 0 Å². The van der Waals surface area contributed by atoms with Gasteiger partial charge in [0.2, 0.25) is 0 Å². The van der Waals surface area contributed by atoms with E-state index in [4.69, 9.17) is 4.74 Å². The van der Waals surface area contributed by atoms with Gasteiger partial charge in [0, 0.05) is 6.42 Å². The number of esters is 1. The smallest absolute Gasteiger partial charge is 0.309 e. The van der Waals surface area contributed by atoms with Crippen molar-refractivity contribution >= 4 is 5.97 Å². The quantitative estimate of drug-likeness (QED) is 0.321. The zero-order chi connectivity index (χ0) is 19.8. The Labute approximate surface area is 170 Å². The molecule has 28 heavy (non-hydrogen) atoms. The molecular weight excluding hydrogens is 344 g/mol. The minimum Gasteiger partial charge on any atom is -0.457 e. The third-order valence-corrected chi connectivity index (χ3v) is 5.89. The third-order valence-electron chi connectivity index (χ3n) is 5.89. The molecule has 1 aliphatic heterocycles. The van der Waals surface area contributed by atoms with Gasteiger partial charge in [-0.25, -0.2) is 0 Å². The SMILES string of the molecule is CCCCCc1ccc(-c2ccc([C@@H]3C[C@@H](CCCCC)C(=O)O3)cc2)cc1. The van der Waals surface area contributed by atoms with Crippen molar-refractivity contribution < 1.29 is 9.53 Å². The van der Waals surface area contributed by atoms with Crippen molar-refractivity contribution in [1.82, 2.24) is 0 Å². The van der Waals surface area contributed by atoms with Crippen LogP contribution in [-0.2, 0) is 16.0 Å². The lowest BCUT2D eigenvalue weighted by atomic mass is 9.94. The molecule has 150 valence electrons. The van der Waals surface area contributed by atoms with Gasteiger partial charge in [-0.3, -0.25) is 4.79 Å². The number of cyclic esters (lactones) is 1. The lowest BCUT2D eigenvalue weighted by molar-refractivity contribution is -0.144. The molecule has 2 aromatic rings. The van der Waals surface area contributed by atoms with Crippen LogP contribution in [0.4, 0.5) is 0 Å². The molecule has 0 bridgehead atoms. The summed E-state index contributed by atoms with van der Waals surface area (Å²) in [6.07, 6.45) is 10.2. The fourth-order valence-electron chi connectivity index (χ4n) is 4.05.